The summed E-state index contributed by atoms with van der Waals surface area (Å²) in [6, 6.07) is 8.18. The van der Waals surface area contributed by atoms with E-state index in [2.05, 4.69) is 24.4 Å². The molecule has 0 saturated carbocycles. The Balaban J connectivity index is 1.90. The van der Waals surface area contributed by atoms with Crippen molar-refractivity contribution in [1.82, 2.24) is 0 Å². The summed E-state index contributed by atoms with van der Waals surface area (Å²) in [4.78, 5) is 0. The largest absolute Gasteiger partial charge is 0.462 e. The quantitative estimate of drug-likeness (QED) is 0.809. The summed E-state index contributed by atoms with van der Waals surface area (Å²) in [7, 11) is 0. The first kappa shape index (κ1) is 16.6. The van der Waals surface area contributed by atoms with E-state index in [0.29, 0.717) is 17.1 Å². The van der Waals surface area contributed by atoms with Crippen LogP contribution in [0.3, 0.4) is 0 Å². The fourth-order valence-corrected chi connectivity index (χ4v) is 3.15. The molecule has 0 aliphatic carbocycles. The molecule has 0 bridgehead atoms. The first-order chi connectivity index (χ1) is 12.1. The van der Waals surface area contributed by atoms with E-state index in [-0.39, 0.29) is 5.57 Å². The molecule has 1 N–H and O–H groups in total. The van der Waals surface area contributed by atoms with E-state index in [9.17, 15) is 0 Å². The molecule has 1 aromatic rings. The molecule has 0 aromatic heterocycles. The van der Waals surface area contributed by atoms with Gasteiger partial charge in [0.05, 0.1) is 0 Å². The van der Waals surface area contributed by atoms with E-state index in [1.807, 2.05) is 31.2 Å². The molecule has 0 saturated heterocycles. The van der Waals surface area contributed by atoms with Gasteiger partial charge in [0, 0.05) is 17.8 Å². The lowest BCUT2D eigenvalue weighted by atomic mass is 9.96. The number of nitrogens with one attached hydrogen (secondary N) is 1. The van der Waals surface area contributed by atoms with Gasteiger partial charge in [-0.3, -0.25) is 0 Å². The van der Waals surface area contributed by atoms with Crippen LogP contribution < -0.4 is 5.32 Å². The highest BCUT2D eigenvalue weighted by Crippen LogP contribution is 2.28. The molecule has 2 heterocycles. The minimum absolute atomic E-state index is 0.0873. The highest BCUT2D eigenvalue weighted by atomic mass is 16.5. The number of nitrogens with zero attached hydrogens (tertiary/aromatic N) is 2. The summed E-state index contributed by atoms with van der Waals surface area (Å²) in [5, 5.41) is 21.6. The van der Waals surface area contributed by atoms with Crippen molar-refractivity contribution in [2.75, 3.05) is 11.9 Å². The molecule has 2 aliphatic heterocycles. The van der Waals surface area contributed by atoms with Gasteiger partial charge < -0.3 is 10.1 Å². The number of allylic oxidation sites excluding steroid dienone is 6. The monoisotopic (exact) mass is 329 g/mol. The summed E-state index contributed by atoms with van der Waals surface area (Å²) in [5.41, 5.74) is 5.63. The zero-order valence-electron chi connectivity index (χ0n) is 14.4. The Morgan fingerprint density at radius 2 is 1.96 bits per heavy atom. The van der Waals surface area contributed by atoms with Gasteiger partial charge in [0.1, 0.15) is 29.2 Å². The highest BCUT2D eigenvalue weighted by Gasteiger charge is 2.12. The number of nitriles is 2. The van der Waals surface area contributed by atoms with Crippen LogP contribution in [0.25, 0.3) is 6.08 Å². The van der Waals surface area contributed by atoms with Gasteiger partial charge >= 0.3 is 0 Å². The van der Waals surface area contributed by atoms with Gasteiger partial charge in [-0.15, -0.1) is 0 Å². The summed E-state index contributed by atoms with van der Waals surface area (Å²) in [6.45, 7) is 4.96. The molecule has 3 rings (SSSR count). The summed E-state index contributed by atoms with van der Waals surface area (Å²) in [6.07, 6.45) is 9.54. The molecule has 4 heteroatoms. The van der Waals surface area contributed by atoms with E-state index in [0.717, 1.165) is 24.9 Å². The summed E-state index contributed by atoms with van der Waals surface area (Å²) < 4.78 is 5.69. The second-order valence-corrected chi connectivity index (χ2v) is 6.19. The minimum atomic E-state index is 0.0873. The van der Waals surface area contributed by atoms with E-state index in [4.69, 9.17) is 15.3 Å². The Morgan fingerprint density at radius 1 is 1.16 bits per heavy atom. The maximum atomic E-state index is 9.05. The molecule has 1 aromatic carbocycles. The number of fused-ring (bicyclic) bond motifs is 1. The molecule has 0 unspecified atom stereocenters. The van der Waals surface area contributed by atoms with Crippen molar-refractivity contribution in [2.45, 2.75) is 26.7 Å². The molecule has 0 spiro atoms. The predicted molar refractivity (Wildman–Crippen MR) is 98.2 cm³/mol. The second kappa shape index (κ2) is 7.11. The van der Waals surface area contributed by atoms with Gasteiger partial charge in [-0.1, -0.05) is 6.08 Å². The zero-order valence-corrected chi connectivity index (χ0v) is 14.4. The third-order valence-electron chi connectivity index (χ3n) is 4.25. The van der Waals surface area contributed by atoms with Crippen molar-refractivity contribution in [1.29, 1.82) is 10.5 Å². The Bertz CT molecular complexity index is 902. The van der Waals surface area contributed by atoms with Crippen LogP contribution in [0.1, 0.15) is 30.0 Å². The molecule has 0 atom stereocenters. The number of aryl methyl sites for hydroxylation is 2. The van der Waals surface area contributed by atoms with Crippen LogP contribution in [0.2, 0.25) is 0 Å². The molecule has 0 radical (unpaired) electrons. The first-order valence-corrected chi connectivity index (χ1v) is 8.28. The molecular weight excluding hydrogens is 310 g/mol. The van der Waals surface area contributed by atoms with Crippen LogP contribution in [0.15, 0.2) is 53.0 Å². The second-order valence-electron chi connectivity index (χ2n) is 6.19. The number of hydrogen-bond acceptors (Lipinski definition) is 4. The lowest BCUT2D eigenvalue weighted by Crippen LogP contribution is -2.13. The molecule has 4 nitrogen and oxygen atoms in total. The molecular formula is C21H19N3O. The fraction of sp³-hybridized carbons (Fsp3) is 0.238. The molecule has 124 valence electrons. The lowest BCUT2D eigenvalue weighted by Gasteiger charge is -2.20. The average molecular weight is 329 g/mol. The smallest absolute Gasteiger partial charge is 0.137 e. The Hall–Kier alpha value is -3.24. The van der Waals surface area contributed by atoms with Crippen LogP contribution in [0, 0.1) is 29.6 Å². The average Bonchev–Trinajstić information content (AvgIpc) is 2.61. The third-order valence-corrected chi connectivity index (χ3v) is 4.25. The van der Waals surface area contributed by atoms with Crippen LogP contribution in [0.5, 0.6) is 0 Å². The van der Waals surface area contributed by atoms with Gasteiger partial charge in [-0.25, -0.2) is 0 Å². The van der Waals surface area contributed by atoms with Crippen molar-refractivity contribution in [3.63, 3.8) is 0 Å². The number of benzene rings is 1. The SMILES string of the molecule is CC1=CC(=C(C#N)C#N)C=C(/C=C/c2cc(C)c3c(c2)CCCN3)O1. The van der Waals surface area contributed by atoms with Crippen LogP contribution in [-0.4, -0.2) is 6.54 Å². The lowest BCUT2D eigenvalue weighted by molar-refractivity contribution is 0.318. The molecule has 0 amide bonds. The molecule has 0 fully saturated rings. The van der Waals surface area contributed by atoms with Gasteiger partial charge in [0.2, 0.25) is 0 Å². The number of hydrogen-bond donors (Lipinski definition) is 1. The number of ether oxygens (including phenoxy) is 1. The van der Waals surface area contributed by atoms with E-state index < -0.39 is 0 Å². The number of anilines is 1. The van der Waals surface area contributed by atoms with Crippen LogP contribution in [-0.2, 0) is 11.2 Å². The van der Waals surface area contributed by atoms with Crippen molar-refractivity contribution >= 4 is 11.8 Å². The maximum absolute atomic E-state index is 9.05. The van der Waals surface area contributed by atoms with E-state index in [1.54, 1.807) is 12.2 Å². The van der Waals surface area contributed by atoms with Crippen molar-refractivity contribution < 1.29 is 4.74 Å². The van der Waals surface area contributed by atoms with Crippen molar-refractivity contribution in [3.8, 4) is 12.1 Å². The van der Waals surface area contributed by atoms with Crippen LogP contribution in [0.4, 0.5) is 5.69 Å². The van der Waals surface area contributed by atoms with E-state index >= 15 is 0 Å². The standard InChI is InChI=1S/C21H19N3O/c1-14-8-16(10-17-4-3-7-24-21(14)17)5-6-20-11-18(9-15(2)25-20)19(12-22)13-23/h5-6,8-11,24H,3-4,7H2,1-2H3/b6-5+. The fourth-order valence-electron chi connectivity index (χ4n) is 3.15. The maximum Gasteiger partial charge on any atom is 0.137 e. The van der Waals surface area contributed by atoms with Gasteiger partial charge in [-0.05, 0) is 73.7 Å². The van der Waals surface area contributed by atoms with Crippen molar-refractivity contribution in [3.05, 3.63) is 69.7 Å². The topological polar surface area (TPSA) is 68.8 Å². The predicted octanol–water partition coefficient (Wildman–Crippen LogP) is 4.53. The Morgan fingerprint density at radius 3 is 2.72 bits per heavy atom. The summed E-state index contributed by atoms with van der Waals surface area (Å²) in [5.74, 6) is 1.28. The Labute approximate surface area is 148 Å². The first-order valence-electron chi connectivity index (χ1n) is 8.28. The van der Waals surface area contributed by atoms with E-state index in [1.165, 1.54) is 16.8 Å². The van der Waals surface area contributed by atoms with Crippen LogP contribution >= 0.6 is 0 Å². The highest BCUT2D eigenvalue weighted by molar-refractivity contribution is 5.66. The van der Waals surface area contributed by atoms with Crippen molar-refractivity contribution in [2.24, 2.45) is 0 Å². The molecule has 25 heavy (non-hydrogen) atoms. The Kier molecular flexibility index (Phi) is 4.73. The molecule has 2 aliphatic rings. The summed E-state index contributed by atoms with van der Waals surface area (Å²) >= 11 is 0. The van der Waals surface area contributed by atoms with Gasteiger partial charge in [0.15, 0.2) is 0 Å². The number of rotatable bonds is 2. The van der Waals surface area contributed by atoms with Gasteiger partial charge in [0.25, 0.3) is 0 Å². The normalized spacial score (nSPS) is 15.9. The van der Waals surface area contributed by atoms with Gasteiger partial charge in [-0.2, -0.15) is 10.5 Å². The zero-order chi connectivity index (χ0) is 17.8. The third kappa shape index (κ3) is 3.65. The minimum Gasteiger partial charge on any atom is -0.462 e.